The maximum absolute atomic E-state index is 10.5. The first-order chi connectivity index (χ1) is 3.57. The molecule has 0 aromatic carbocycles. The van der Waals surface area contributed by atoms with Crippen molar-refractivity contribution in [1.82, 2.24) is 0 Å². The minimum atomic E-state index is -0.153. The molecule has 2 N–H and O–H groups in total. The summed E-state index contributed by atoms with van der Waals surface area (Å²) in [6.07, 6.45) is 0.975. The van der Waals surface area contributed by atoms with Crippen LogP contribution in [0.4, 0.5) is 0 Å². The number of primary amides is 1. The lowest BCUT2D eigenvalue weighted by atomic mass is 10.1. The van der Waals surface area contributed by atoms with E-state index in [1.54, 1.807) is 0 Å². The Morgan fingerprint density at radius 3 is 2.25 bits per heavy atom. The van der Waals surface area contributed by atoms with Crippen LogP contribution in [0.3, 0.4) is 0 Å². The molecule has 2 nitrogen and oxygen atoms in total. The number of amides is 1. The van der Waals surface area contributed by atoms with Crippen LogP contribution in [0.5, 0.6) is 0 Å². The van der Waals surface area contributed by atoms with Gasteiger partial charge in [0.1, 0.15) is 0 Å². The molecule has 1 unspecified atom stereocenters. The second kappa shape index (κ2) is 1.24. The normalized spacial score (nSPS) is 44.0. The molecule has 1 rings (SSSR count). The van der Waals surface area contributed by atoms with Crippen molar-refractivity contribution < 1.29 is 4.79 Å². The minimum Gasteiger partial charge on any atom is -0.369 e. The summed E-state index contributed by atoms with van der Waals surface area (Å²) in [7, 11) is 0. The zero-order valence-electron chi connectivity index (χ0n) is 5.27. The molecule has 0 bridgehead atoms. The minimum absolute atomic E-state index is 0.148. The van der Waals surface area contributed by atoms with Gasteiger partial charge in [0.25, 0.3) is 0 Å². The SMILES string of the molecule is CC1C[C@]1(C)C(N)=O. The number of hydrogen-bond donors (Lipinski definition) is 1. The lowest BCUT2D eigenvalue weighted by Crippen LogP contribution is -2.22. The molecule has 0 aromatic heterocycles. The van der Waals surface area contributed by atoms with Gasteiger partial charge in [-0.25, -0.2) is 0 Å². The van der Waals surface area contributed by atoms with Crippen LogP contribution in [0, 0.1) is 11.3 Å². The van der Waals surface area contributed by atoms with Gasteiger partial charge in [0, 0.05) is 5.41 Å². The van der Waals surface area contributed by atoms with Crippen LogP contribution in [-0.2, 0) is 4.79 Å². The Hall–Kier alpha value is -0.530. The summed E-state index contributed by atoms with van der Waals surface area (Å²) >= 11 is 0. The van der Waals surface area contributed by atoms with Crippen LogP contribution >= 0.6 is 0 Å². The predicted molar refractivity (Wildman–Crippen MR) is 31.1 cm³/mol. The van der Waals surface area contributed by atoms with Gasteiger partial charge in [0.15, 0.2) is 0 Å². The van der Waals surface area contributed by atoms with Crippen LogP contribution in [0.2, 0.25) is 0 Å². The van der Waals surface area contributed by atoms with Crippen molar-refractivity contribution in [1.29, 1.82) is 0 Å². The van der Waals surface area contributed by atoms with E-state index >= 15 is 0 Å². The molecule has 0 radical (unpaired) electrons. The Balaban J connectivity index is 2.60. The molecule has 8 heavy (non-hydrogen) atoms. The van der Waals surface area contributed by atoms with Crippen molar-refractivity contribution in [3.8, 4) is 0 Å². The van der Waals surface area contributed by atoms with Crippen LogP contribution in [0.1, 0.15) is 20.3 Å². The summed E-state index contributed by atoms with van der Waals surface area (Å²) in [5.41, 5.74) is 4.93. The van der Waals surface area contributed by atoms with Crippen molar-refractivity contribution in [3.63, 3.8) is 0 Å². The largest absolute Gasteiger partial charge is 0.369 e. The third kappa shape index (κ3) is 0.522. The van der Waals surface area contributed by atoms with E-state index in [0.717, 1.165) is 6.42 Å². The zero-order chi connectivity index (χ0) is 6.36. The summed E-state index contributed by atoms with van der Waals surface area (Å²) in [5, 5.41) is 0. The highest BCUT2D eigenvalue weighted by Gasteiger charge is 2.51. The van der Waals surface area contributed by atoms with Crippen molar-refractivity contribution >= 4 is 5.91 Å². The molecule has 0 aromatic rings. The summed E-state index contributed by atoms with van der Waals surface area (Å²) in [5.74, 6) is 0.366. The fraction of sp³-hybridized carbons (Fsp3) is 0.833. The third-order valence-electron chi connectivity index (χ3n) is 2.22. The molecule has 2 atom stereocenters. The van der Waals surface area contributed by atoms with Crippen molar-refractivity contribution in [2.24, 2.45) is 17.1 Å². The molecular formula is C6H11NO. The first-order valence-corrected chi connectivity index (χ1v) is 2.87. The molecule has 0 aliphatic heterocycles. The summed E-state index contributed by atoms with van der Waals surface area (Å²) in [6.45, 7) is 3.96. The Bertz CT molecular complexity index is 132. The average molecular weight is 113 g/mol. The van der Waals surface area contributed by atoms with E-state index in [2.05, 4.69) is 0 Å². The molecule has 1 aliphatic carbocycles. The van der Waals surface area contributed by atoms with Crippen molar-refractivity contribution in [2.75, 3.05) is 0 Å². The average Bonchev–Trinajstić information content (AvgIpc) is 2.17. The highest BCUT2D eigenvalue weighted by Crippen LogP contribution is 2.51. The van der Waals surface area contributed by atoms with E-state index in [4.69, 9.17) is 5.73 Å². The Morgan fingerprint density at radius 2 is 2.25 bits per heavy atom. The standard InChI is InChI=1S/C6H11NO/c1-4-3-6(4,2)5(7)8/h4H,3H2,1-2H3,(H2,7,8)/t4?,6-/m0/s1. The lowest BCUT2D eigenvalue weighted by Gasteiger charge is -1.99. The first kappa shape index (κ1) is 5.60. The summed E-state index contributed by atoms with van der Waals surface area (Å²) in [6, 6.07) is 0. The fourth-order valence-electron chi connectivity index (χ4n) is 0.921. The smallest absolute Gasteiger partial charge is 0.223 e. The van der Waals surface area contributed by atoms with E-state index in [1.165, 1.54) is 0 Å². The highest BCUT2D eigenvalue weighted by atomic mass is 16.1. The van der Waals surface area contributed by atoms with Gasteiger partial charge in [0.05, 0.1) is 0 Å². The number of nitrogens with two attached hydrogens (primary N) is 1. The van der Waals surface area contributed by atoms with Crippen LogP contribution in [0.15, 0.2) is 0 Å². The monoisotopic (exact) mass is 113 g/mol. The van der Waals surface area contributed by atoms with Crippen LogP contribution in [0.25, 0.3) is 0 Å². The van der Waals surface area contributed by atoms with E-state index in [-0.39, 0.29) is 11.3 Å². The molecular weight excluding hydrogens is 102 g/mol. The molecule has 0 spiro atoms. The van der Waals surface area contributed by atoms with E-state index < -0.39 is 0 Å². The Labute approximate surface area is 49.1 Å². The van der Waals surface area contributed by atoms with Gasteiger partial charge in [0.2, 0.25) is 5.91 Å². The molecule has 46 valence electrons. The number of rotatable bonds is 1. The number of carbonyl (C=O) groups is 1. The molecule has 1 fully saturated rings. The predicted octanol–water partition coefficient (Wildman–Crippen LogP) is 0.518. The van der Waals surface area contributed by atoms with Crippen LogP contribution in [-0.4, -0.2) is 5.91 Å². The second-order valence-corrected chi connectivity index (χ2v) is 2.89. The van der Waals surface area contributed by atoms with E-state index in [0.29, 0.717) is 5.92 Å². The van der Waals surface area contributed by atoms with Crippen LogP contribution < -0.4 is 5.73 Å². The number of hydrogen-bond acceptors (Lipinski definition) is 1. The first-order valence-electron chi connectivity index (χ1n) is 2.87. The lowest BCUT2D eigenvalue weighted by molar-refractivity contribution is -0.122. The number of carbonyl (C=O) groups excluding carboxylic acids is 1. The quantitative estimate of drug-likeness (QED) is 0.529. The van der Waals surface area contributed by atoms with Gasteiger partial charge in [-0.15, -0.1) is 0 Å². The summed E-state index contributed by atoms with van der Waals surface area (Å²) in [4.78, 5) is 10.5. The molecule has 1 amide bonds. The maximum atomic E-state index is 10.5. The maximum Gasteiger partial charge on any atom is 0.223 e. The molecule has 2 heteroatoms. The van der Waals surface area contributed by atoms with E-state index in [9.17, 15) is 4.79 Å². The zero-order valence-corrected chi connectivity index (χ0v) is 5.27. The molecule has 1 saturated carbocycles. The van der Waals surface area contributed by atoms with Gasteiger partial charge in [-0.05, 0) is 12.3 Å². The fourth-order valence-corrected chi connectivity index (χ4v) is 0.921. The Kier molecular flexibility index (Phi) is 0.872. The van der Waals surface area contributed by atoms with Crippen molar-refractivity contribution in [2.45, 2.75) is 20.3 Å². The highest BCUT2D eigenvalue weighted by molar-refractivity contribution is 5.83. The molecule has 0 heterocycles. The Morgan fingerprint density at radius 1 is 1.88 bits per heavy atom. The molecule has 1 aliphatic rings. The summed E-state index contributed by atoms with van der Waals surface area (Å²) < 4.78 is 0. The van der Waals surface area contributed by atoms with Crippen molar-refractivity contribution in [3.05, 3.63) is 0 Å². The van der Waals surface area contributed by atoms with Gasteiger partial charge in [-0.3, -0.25) is 4.79 Å². The second-order valence-electron chi connectivity index (χ2n) is 2.89. The molecule has 0 saturated heterocycles. The van der Waals surface area contributed by atoms with Gasteiger partial charge < -0.3 is 5.73 Å². The van der Waals surface area contributed by atoms with E-state index in [1.807, 2.05) is 13.8 Å². The van der Waals surface area contributed by atoms with Gasteiger partial charge in [-0.2, -0.15) is 0 Å². The topological polar surface area (TPSA) is 43.1 Å². The van der Waals surface area contributed by atoms with Gasteiger partial charge >= 0.3 is 0 Å². The third-order valence-corrected chi connectivity index (χ3v) is 2.22. The van der Waals surface area contributed by atoms with Gasteiger partial charge in [-0.1, -0.05) is 13.8 Å².